The van der Waals surface area contributed by atoms with Crippen LogP contribution in [0.2, 0.25) is 5.02 Å². The van der Waals surface area contributed by atoms with Crippen LogP contribution in [-0.2, 0) is 14.3 Å². The SMILES string of the molecule is N#CC1CC(OCC(=O)C2CCC(NC(=O)COc3ccc(Cl)c(F)c3)CC2)C1. The molecular weight excluding hydrogens is 399 g/mol. The lowest BCUT2D eigenvalue weighted by atomic mass is 9.82. The number of rotatable bonds is 8. The topological polar surface area (TPSA) is 88.4 Å². The number of benzene rings is 1. The van der Waals surface area contributed by atoms with E-state index in [0.29, 0.717) is 25.7 Å². The molecule has 156 valence electrons. The number of carbonyl (C=O) groups excluding carboxylic acids is 2. The molecule has 2 fully saturated rings. The van der Waals surface area contributed by atoms with Gasteiger partial charge in [0, 0.05) is 18.0 Å². The van der Waals surface area contributed by atoms with Crippen molar-refractivity contribution in [3.8, 4) is 11.8 Å². The van der Waals surface area contributed by atoms with Crippen molar-refractivity contribution in [3.05, 3.63) is 29.0 Å². The van der Waals surface area contributed by atoms with Gasteiger partial charge >= 0.3 is 0 Å². The number of Topliss-reactive ketones (excluding diaryl/α,β-unsaturated/α-hetero) is 1. The Morgan fingerprint density at radius 1 is 1.21 bits per heavy atom. The molecule has 1 aromatic carbocycles. The van der Waals surface area contributed by atoms with Crippen LogP contribution >= 0.6 is 11.6 Å². The normalized spacial score (nSPS) is 26.1. The summed E-state index contributed by atoms with van der Waals surface area (Å²) in [5.41, 5.74) is 0. The summed E-state index contributed by atoms with van der Waals surface area (Å²) in [4.78, 5) is 24.4. The van der Waals surface area contributed by atoms with Crippen molar-refractivity contribution in [2.24, 2.45) is 11.8 Å². The minimum atomic E-state index is -0.598. The standard InChI is InChI=1S/C21H24ClFN2O4/c22-18-6-5-16(9-19(18)23)29-12-21(27)25-15-3-1-14(2-4-15)20(26)11-28-17-7-13(8-17)10-24/h5-6,9,13-15,17H,1-4,7-8,11-12H2,(H,25,27). The number of ketones is 1. The summed E-state index contributed by atoms with van der Waals surface area (Å²) >= 11 is 5.61. The molecule has 29 heavy (non-hydrogen) atoms. The fourth-order valence-corrected chi connectivity index (χ4v) is 3.79. The number of nitrogens with one attached hydrogen (secondary N) is 1. The molecule has 0 bridgehead atoms. The van der Waals surface area contributed by atoms with Crippen molar-refractivity contribution in [2.75, 3.05) is 13.2 Å². The van der Waals surface area contributed by atoms with E-state index < -0.39 is 5.82 Å². The molecule has 1 amide bonds. The molecule has 2 aliphatic carbocycles. The van der Waals surface area contributed by atoms with Crippen molar-refractivity contribution in [1.82, 2.24) is 5.32 Å². The molecule has 0 radical (unpaired) electrons. The zero-order valence-electron chi connectivity index (χ0n) is 16.0. The average Bonchev–Trinajstić information content (AvgIpc) is 2.68. The van der Waals surface area contributed by atoms with Crippen molar-refractivity contribution >= 4 is 23.3 Å². The van der Waals surface area contributed by atoms with E-state index in [0.717, 1.165) is 18.9 Å². The first kappa shape index (κ1) is 21.5. The highest BCUT2D eigenvalue weighted by Crippen LogP contribution is 2.30. The number of amides is 1. The molecule has 8 heteroatoms. The Balaban J connectivity index is 1.31. The maximum absolute atomic E-state index is 13.4. The second-order valence-electron chi connectivity index (χ2n) is 7.68. The third-order valence-electron chi connectivity index (χ3n) is 5.55. The second-order valence-corrected chi connectivity index (χ2v) is 8.08. The van der Waals surface area contributed by atoms with E-state index >= 15 is 0 Å². The minimum Gasteiger partial charge on any atom is -0.484 e. The Labute approximate surface area is 174 Å². The number of nitriles is 1. The molecule has 2 saturated carbocycles. The van der Waals surface area contributed by atoms with Gasteiger partial charge in [-0.3, -0.25) is 9.59 Å². The van der Waals surface area contributed by atoms with Gasteiger partial charge in [0.25, 0.3) is 5.91 Å². The highest BCUT2D eigenvalue weighted by molar-refractivity contribution is 6.30. The third-order valence-corrected chi connectivity index (χ3v) is 5.85. The van der Waals surface area contributed by atoms with Crippen LogP contribution in [0.5, 0.6) is 5.75 Å². The zero-order chi connectivity index (χ0) is 20.8. The first-order valence-corrected chi connectivity index (χ1v) is 10.2. The molecule has 2 aliphatic rings. The van der Waals surface area contributed by atoms with Gasteiger partial charge in [0.15, 0.2) is 12.4 Å². The van der Waals surface area contributed by atoms with Crippen LogP contribution in [-0.4, -0.2) is 37.0 Å². The summed E-state index contributed by atoms with van der Waals surface area (Å²) in [5.74, 6) is -0.512. The fourth-order valence-electron chi connectivity index (χ4n) is 3.67. The second kappa shape index (κ2) is 10.0. The molecule has 0 atom stereocenters. The number of nitrogens with zero attached hydrogens (tertiary/aromatic N) is 1. The zero-order valence-corrected chi connectivity index (χ0v) is 16.8. The van der Waals surface area contributed by atoms with Crippen LogP contribution in [0.4, 0.5) is 4.39 Å². The lowest BCUT2D eigenvalue weighted by Crippen LogP contribution is -2.41. The van der Waals surface area contributed by atoms with Crippen molar-refractivity contribution in [1.29, 1.82) is 5.26 Å². The average molecular weight is 423 g/mol. The van der Waals surface area contributed by atoms with Crippen molar-refractivity contribution in [2.45, 2.75) is 50.7 Å². The Morgan fingerprint density at radius 2 is 1.93 bits per heavy atom. The van der Waals surface area contributed by atoms with Crippen molar-refractivity contribution < 1.29 is 23.5 Å². The summed E-state index contributed by atoms with van der Waals surface area (Å²) in [7, 11) is 0. The van der Waals surface area contributed by atoms with E-state index in [9.17, 15) is 14.0 Å². The molecule has 0 unspecified atom stereocenters. The van der Waals surface area contributed by atoms with E-state index in [4.69, 9.17) is 26.3 Å². The Morgan fingerprint density at radius 3 is 2.59 bits per heavy atom. The smallest absolute Gasteiger partial charge is 0.258 e. The first-order valence-electron chi connectivity index (χ1n) is 9.85. The molecule has 3 rings (SSSR count). The van der Waals surface area contributed by atoms with Crippen LogP contribution in [0.1, 0.15) is 38.5 Å². The van der Waals surface area contributed by atoms with Gasteiger partial charge in [-0.25, -0.2) is 4.39 Å². The van der Waals surface area contributed by atoms with Gasteiger partial charge in [0.2, 0.25) is 0 Å². The van der Waals surface area contributed by atoms with Crippen molar-refractivity contribution in [3.63, 3.8) is 0 Å². The summed E-state index contributed by atoms with van der Waals surface area (Å²) in [6, 6.07) is 6.21. The Hall–Kier alpha value is -2.17. The van der Waals surface area contributed by atoms with E-state index in [1.54, 1.807) is 0 Å². The van der Waals surface area contributed by atoms with Gasteiger partial charge in [-0.05, 0) is 50.7 Å². The number of hydrogen-bond acceptors (Lipinski definition) is 5. The lowest BCUT2D eigenvalue weighted by Gasteiger charge is -2.32. The van der Waals surface area contributed by atoms with Crippen LogP contribution in [0.3, 0.4) is 0 Å². The third kappa shape index (κ3) is 6.15. The van der Waals surface area contributed by atoms with Crippen LogP contribution in [0.25, 0.3) is 0 Å². The fraction of sp³-hybridized carbons (Fsp3) is 0.571. The Bertz CT molecular complexity index is 783. The predicted molar refractivity (Wildman–Crippen MR) is 104 cm³/mol. The Kier molecular flexibility index (Phi) is 7.45. The highest BCUT2D eigenvalue weighted by Gasteiger charge is 2.32. The highest BCUT2D eigenvalue weighted by atomic mass is 35.5. The number of halogens is 2. The molecule has 0 aromatic heterocycles. The predicted octanol–water partition coefficient (Wildman–Crippen LogP) is 3.42. The number of hydrogen-bond donors (Lipinski definition) is 1. The molecule has 0 heterocycles. The molecule has 1 aromatic rings. The quantitative estimate of drug-likeness (QED) is 0.693. The van der Waals surface area contributed by atoms with E-state index in [1.807, 2.05) is 0 Å². The maximum Gasteiger partial charge on any atom is 0.258 e. The summed E-state index contributed by atoms with van der Waals surface area (Å²) in [6.45, 7) is -0.102. The van der Waals surface area contributed by atoms with Gasteiger partial charge < -0.3 is 14.8 Å². The molecule has 0 aliphatic heterocycles. The monoisotopic (exact) mass is 422 g/mol. The number of carbonyl (C=O) groups is 2. The van der Waals surface area contributed by atoms with E-state index in [2.05, 4.69) is 11.4 Å². The van der Waals surface area contributed by atoms with Gasteiger partial charge in [0.1, 0.15) is 18.2 Å². The molecular formula is C21H24ClFN2O4. The lowest BCUT2D eigenvalue weighted by molar-refractivity contribution is -0.133. The minimum absolute atomic E-state index is 0.000964. The molecule has 0 saturated heterocycles. The summed E-state index contributed by atoms with van der Waals surface area (Å²) < 4.78 is 24.2. The first-order chi connectivity index (χ1) is 13.9. The van der Waals surface area contributed by atoms with Crippen LogP contribution in [0, 0.1) is 29.0 Å². The van der Waals surface area contributed by atoms with Gasteiger partial charge in [-0.15, -0.1) is 0 Å². The van der Waals surface area contributed by atoms with E-state index in [-0.39, 0.29) is 59.7 Å². The van der Waals surface area contributed by atoms with E-state index in [1.165, 1.54) is 12.1 Å². The largest absolute Gasteiger partial charge is 0.484 e. The van der Waals surface area contributed by atoms with Crippen LogP contribution < -0.4 is 10.1 Å². The maximum atomic E-state index is 13.4. The van der Waals surface area contributed by atoms with Gasteiger partial charge in [-0.1, -0.05) is 11.6 Å². The molecule has 1 N–H and O–H groups in total. The number of ether oxygens (including phenoxy) is 2. The summed E-state index contributed by atoms with van der Waals surface area (Å²) in [6.07, 6.45) is 4.33. The van der Waals surface area contributed by atoms with Gasteiger partial charge in [-0.2, -0.15) is 5.26 Å². The van der Waals surface area contributed by atoms with Crippen LogP contribution in [0.15, 0.2) is 18.2 Å². The molecule has 0 spiro atoms. The van der Waals surface area contributed by atoms with Gasteiger partial charge in [0.05, 0.1) is 23.1 Å². The summed E-state index contributed by atoms with van der Waals surface area (Å²) in [5, 5.41) is 11.6. The molecule has 6 nitrogen and oxygen atoms in total.